The number of nitro groups is 1. The van der Waals surface area contributed by atoms with Crippen LogP contribution in [0.2, 0.25) is 0 Å². The average molecular weight is 484 g/mol. The van der Waals surface area contributed by atoms with Gasteiger partial charge in [0.25, 0.3) is 11.6 Å². The largest absolute Gasteiger partial charge is 0.416 e. The van der Waals surface area contributed by atoms with Gasteiger partial charge in [0.15, 0.2) is 5.65 Å². The van der Waals surface area contributed by atoms with Crippen LogP contribution in [0, 0.1) is 10.1 Å². The first-order valence-electron chi connectivity index (χ1n) is 10.4. The van der Waals surface area contributed by atoms with Gasteiger partial charge in [-0.15, -0.1) is 0 Å². The van der Waals surface area contributed by atoms with Crippen LogP contribution >= 0.6 is 0 Å². The van der Waals surface area contributed by atoms with Crippen molar-refractivity contribution in [2.24, 2.45) is 0 Å². The smallest absolute Gasteiger partial charge is 0.292 e. The second-order valence-corrected chi connectivity index (χ2v) is 7.91. The molecular weight excluding hydrogens is 465 g/mol. The van der Waals surface area contributed by atoms with Crippen molar-refractivity contribution < 1.29 is 22.9 Å². The van der Waals surface area contributed by atoms with Crippen molar-refractivity contribution in [3.8, 4) is 11.3 Å². The predicted octanol–water partition coefficient (Wildman–Crippen LogP) is 5.36. The van der Waals surface area contributed by atoms with Gasteiger partial charge in [-0.1, -0.05) is 30.3 Å². The first kappa shape index (κ1) is 23.7. The molecule has 2 aromatic heterocycles. The van der Waals surface area contributed by atoms with E-state index in [1.807, 2.05) is 44.2 Å². The summed E-state index contributed by atoms with van der Waals surface area (Å²) < 4.78 is 40.5. The zero-order chi connectivity index (χ0) is 25.3. The number of carbonyl (C=O) groups excluding carboxylic acids is 1. The van der Waals surface area contributed by atoms with Crippen molar-refractivity contribution >= 4 is 28.3 Å². The summed E-state index contributed by atoms with van der Waals surface area (Å²) in [5.41, 5.74) is 4.30. The van der Waals surface area contributed by atoms with Gasteiger partial charge in [-0.2, -0.15) is 18.3 Å². The number of halogens is 3. The molecule has 0 aliphatic rings. The first-order valence-corrected chi connectivity index (χ1v) is 10.4. The number of anilines is 1. The van der Waals surface area contributed by atoms with Crippen LogP contribution in [0.4, 0.5) is 24.5 Å². The topological polar surface area (TPSA) is 115 Å². The van der Waals surface area contributed by atoms with E-state index in [0.717, 1.165) is 11.6 Å². The summed E-state index contributed by atoms with van der Waals surface area (Å²) in [6.07, 6.45) is -3.26. The molecule has 2 N–H and O–H groups in total. The molecule has 0 radical (unpaired) electrons. The molecule has 0 bridgehead atoms. The Morgan fingerprint density at radius 1 is 1.11 bits per heavy atom. The van der Waals surface area contributed by atoms with Crippen LogP contribution in [0.1, 0.15) is 35.8 Å². The number of nitro benzene ring substituents is 1. The minimum Gasteiger partial charge on any atom is -0.292 e. The van der Waals surface area contributed by atoms with E-state index in [4.69, 9.17) is 0 Å². The lowest BCUT2D eigenvalue weighted by Crippen LogP contribution is -2.30. The van der Waals surface area contributed by atoms with Gasteiger partial charge in [0.05, 0.1) is 33.3 Å². The fraction of sp³-hybridized carbons (Fsp3) is 0.174. The Balaban J connectivity index is 1.71. The minimum atomic E-state index is -4.75. The molecule has 2 aromatic carbocycles. The molecule has 35 heavy (non-hydrogen) atoms. The Bertz CT molecular complexity index is 1420. The molecule has 180 valence electrons. The Morgan fingerprint density at radius 2 is 1.83 bits per heavy atom. The van der Waals surface area contributed by atoms with Crippen molar-refractivity contribution in [3.63, 3.8) is 0 Å². The number of hydrogen-bond donors (Lipinski definition) is 2. The lowest BCUT2D eigenvalue weighted by Gasteiger charge is -2.13. The molecule has 0 aliphatic carbocycles. The highest BCUT2D eigenvalue weighted by molar-refractivity contribution is 6.07. The maximum absolute atomic E-state index is 13.1. The number of pyridine rings is 1. The summed E-state index contributed by atoms with van der Waals surface area (Å²) >= 11 is 0. The van der Waals surface area contributed by atoms with Crippen LogP contribution in [0.3, 0.4) is 0 Å². The number of aromatic nitrogens is 3. The van der Waals surface area contributed by atoms with E-state index < -0.39 is 28.3 Å². The summed E-state index contributed by atoms with van der Waals surface area (Å²) in [6, 6.07) is 12.6. The maximum Gasteiger partial charge on any atom is 0.416 e. The summed E-state index contributed by atoms with van der Waals surface area (Å²) in [5, 5.41) is 16.1. The number of nitrogens with zero attached hydrogens (tertiary/aromatic N) is 4. The number of hydrazine groups is 1. The average Bonchev–Trinajstić information content (AvgIpc) is 3.26. The molecule has 0 spiro atoms. The third-order valence-electron chi connectivity index (χ3n) is 5.20. The number of fused-ring (bicyclic) bond motifs is 1. The van der Waals surface area contributed by atoms with Gasteiger partial charge in [-0.05, 0) is 32.0 Å². The van der Waals surface area contributed by atoms with E-state index >= 15 is 0 Å². The first-order chi connectivity index (χ1) is 16.6. The lowest BCUT2D eigenvalue weighted by molar-refractivity contribution is -0.384. The zero-order valence-corrected chi connectivity index (χ0v) is 18.5. The molecule has 0 unspecified atom stereocenters. The highest BCUT2D eigenvalue weighted by atomic mass is 19.4. The molecule has 0 saturated carbocycles. The van der Waals surface area contributed by atoms with E-state index in [0.29, 0.717) is 28.9 Å². The number of amides is 1. The van der Waals surface area contributed by atoms with E-state index in [1.54, 1.807) is 10.7 Å². The molecule has 2 heterocycles. The summed E-state index contributed by atoms with van der Waals surface area (Å²) in [7, 11) is 0. The normalized spacial score (nSPS) is 11.6. The van der Waals surface area contributed by atoms with Gasteiger partial charge in [0.1, 0.15) is 5.69 Å². The SMILES string of the molecule is CC(C)n1ncc2c(C(=O)NNc3ccc(C(F)(F)F)cc3[N+](=O)[O-])cc(-c3ccccc3)nc21. The lowest BCUT2D eigenvalue weighted by atomic mass is 10.1. The molecule has 12 heteroatoms. The summed E-state index contributed by atoms with van der Waals surface area (Å²) in [4.78, 5) is 28.1. The van der Waals surface area contributed by atoms with Crippen LogP contribution in [0.5, 0.6) is 0 Å². The fourth-order valence-electron chi connectivity index (χ4n) is 3.50. The monoisotopic (exact) mass is 484 g/mol. The molecular formula is C23H19F3N6O3. The number of nitrogens with one attached hydrogen (secondary N) is 2. The van der Waals surface area contributed by atoms with E-state index in [1.165, 1.54) is 6.20 Å². The fourth-order valence-corrected chi connectivity index (χ4v) is 3.50. The van der Waals surface area contributed by atoms with Crippen molar-refractivity contribution in [1.82, 2.24) is 20.2 Å². The van der Waals surface area contributed by atoms with Gasteiger partial charge < -0.3 is 0 Å². The van der Waals surface area contributed by atoms with Gasteiger partial charge in [-0.3, -0.25) is 25.8 Å². The number of rotatable bonds is 6. The Hall–Kier alpha value is -4.48. The maximum atomic E-state index is 13.1. The third kappa shape index (κ3) is 4.76. The summed E-state index contributed by atoms with van der Waals surface area (Å²) in [5.74, 6) is -0.674. The number of alkyl halides is 3. The number of carbonyl (C=O) groups is 1. The highest BCUT2D eigenvalue weighted by Crippen LogP contribution is 2.35. The van der Waals surface area contributed by atoms with E-state index in [2.05, 4.69) is 20.9 Å². The van der Waals surface area contributed by atoms with Gasteiger partial charge in [0.2, 0.25) is 0 Å². The van der Waals surface area contributed by atoms with Crippen LogP contribution in [0.15, 0.2) is 60.8 Å². The molecule has 1 amide bonds. The van der Waals surface area contributed by atoms with Crippen molar-refractivity contribution in [2.75, 3.05) is 5.43 Å². The molecule has 4 aromatic rings. The second-order valence-electron chi connectivity index (χ2n) is 7.91. The molecule has 0 atom stereocenters. The van der Waals surface area contributed by atoms with Crippen molar-refractivity contribution in [2.45, 2.75) is 26.1 Å². The van der Waals surface area contributed by atoms with Crippen LogP contribution < -0.4 is 10.9 Å². The summed E-state index contributed by atoms with van der Waals surface area (Å²) in [6.45, 7) is 3.82. The van der Waals surface area contributed by atoms with Gasteiger partial charge in [-0.25, -0.2) is 9.67 Å². The minimum absolute atomic E-state index is 0.0464. The second kappa shape index (κ2) is 9.05. The van der Waals surface area contributed by atoms with Crippen molar-refractivity contribution in [3.05, 3.63) is 82.0 Å². The van der Waals surface area contributed by atoms with Gasteiger partial charge in [0, 0.05) is 17.7 Å². The Morgan fingerprint density at radius 3 is 2.46 bits per heavy atom. The molecule has 0 fully saturated rings. The van der Waals surface area contributed by atoms with Crippen LogP contribution in [-0.4, -0.2) is 25.6 Å². The van der Waals surface area contributed by atoms with Crippen molar-refractivity contribution in [1.29, 1.82) is 0 Å². The van der Waals surface area contributed by atoms with E-state index in [-0.39, 0.29) is 17.3 Å². The van der Waals surface area contributed by atoms with Crippen LogP contribution in [0.25, 0.3) is 22.3 Å². The van der Waals surface area contributed by atoms with Gasteiger partial charge >= 0.3 is 6.18 Å². The Labute approximate surface area is 196 Å². The zero-order valence-electron chi connectivity index (χ0n) is 18.5. The molecule has 4 rings (SSSR count). The Kier molecular flexibility index (Phi) is 6.12. The van der Waals surface area contributed by atoms with E-state index in [9.17, 15) is 28.1 Å². The molecule has 0 aliphatic heterocycles. The standard InChI is InChI=1S/C23H19F3N6O3/c1-13(2)31-21-17(12-27-31)16(11-19(28-21)14-6-4-3-5-7-14)22(33)30-29-18-9-8-15(23(24,25)26)10-20(18)32(34)35/h3-13,29H,1-2H3,(H,30,33). The molecule has 0 saturated heterocycles. The number of benzene rings is 2. The highest BCUT2D eigenvalue weighted by Gasteiger charge is 2.33. The predicted molar refractivity (Wildman–Crippen MR) is 123 cm³/mol. The molecule has 9 nitrogen and oxygen atoms in total. The number of hydrogen-bond acceptors (Lipinski definition) is 6. The van der Waals surface area contributed by atoms with Crippen LogP contribution in [-0.2, 0) is 6.18 Å². The third-order valence-corrected chi connectivity index (χ3v) is 5.20. The quantitative estimate of drug-likeness (QED) is 0.281.